The predicted molar refractivity (Wildman–Crippen MR) is 106 cm³/mol. The van der Waals surface area contributed by atoms with Gasteiger partial charge in [-0.15, -0.1) is 0 Å². The summed E-state index contributed by atoms with van der Waals surface area (Å²) in [5.41, 5.74) is 1.92. The second-order valence-electron chi connectivity index (χ2n) is 5.40. The molecule has 0 bridgehead atoms. The van der Waals surface area contributed by atoms with E-state index in [4.69, 9.17) is 11.6 Å². The van der Waals surface area contributed by atoms with Gasteiger partial charge in [-0.3, -0.25) is 9.59 Å². The topological polar surface area (TPSA) is 70.2 Å². The summed E-state index contributed by atoms with van der Waals surface area (Å²) in [6.07, 6.45) is 1.24. The van der Waals surface area contributed by atoms with E-state index in [0.29, 0.717) is 28.5 Å². The van der Waals surface area contributed by atoms with Crippen LogP contribution in [0.1, 0.15) is 19.8 Å². The number of carbonyl (C=O) groups excluding carboxylic acids is 2. The second-order valence-corrected chi connectivity index (χ2v) is 6.73. The van der Waals surface area contributed by atoms with E-state index in [1.165, 1.54) is 0 Å². The number of anilines is 3. The molecule has 0 aliphatic rings. The van der Waals surface area contributed by atoms with Crippen LogP contribution in [0.15, 0.2) is 46.9 Å². The van der Waals surface area contributed by atoms with Crippen molar-refractivity contribution >= 4 is 56.4 Å². The lowest BCUT2D eigenvalue weighted by Crippen LogP contribution is -2.22. The van der Waals surface area contributed by atoms with Crippen LogP contribution in [0.4, 0.5) is 17.1 Å². The maximum absolute atomic E-state index is 12.1. The molecule has 0 radical (unpaired) electrons. The average molecular weight is 425 g/mol. The molecule has 0 atom stereocenters. The zero-order valence-electron chi connectivity index (χ0n) is 13.7. The average Bonchev–Trinajstić information content (AvgIpc) is 2.55. The van der Waals surface area contributed by atoms with E-state index >= 15 is 0 Å². The lowest BCUT2D eigenvalue weighted by molar-refractivity contribution is -0.116. The monoisotopic (exact) mass is 423 g/mol. The summed E-state index contributed by atoms with van der Waals surface area (Å²) in [6.45, 7) is 2.00. The van der Waals surface area contributed by atoms with Crippen molar-refractivity contribution in [1.29, 1.82) is 0 Å². The van der Waals surface area contributed by atoms with Crippen LogP contribution in [0.5, 0.6) is 0 Å². The molecule has 3 N–H and O–H groups in total. The minimum atomic E-state index is -0.199. The molecule has 0 aliphatic heterocycles. The Morgan fingerprint density at radius 2 is 1.76 bits per heavy atom. The molecule has 132 valence electrons. The SMILES string of the molecule is CCCC(=O)Nc1ccc(Cl)c(NCC(=O)Nc2cccc(Br)c2)c1. The van der Waals surface area contributed by atoms with Gasteiger partial charge in [0.05, 0.1) is 17.3 Å². The Kier molecular flexibility index (Phi) is 7.28. The number of hydrogen-bond acceptors (Lipinski definition) is 3. The molecular formula is C18H19BrClN3O2. The van der Waals surface area contributed by atoms with E-state index < -0.39 is 0 Å². The van der Waals surface area contributed by atoms with Crippen molar-refractivity contribution in [1.82, 2.24) is 0 Å². The molecule has 0 spiro atoms. The molecule has 2 rings (SSSR count). The largest absolute Gasteiger partial charge is 0.375 e. The van der Waals surface area contributed by atoms with E-state index in [-0.39, 0.29) is 18.4 Å². The van der Waals surface area contributed by atoms with Gasteiger partial charge in [-0.2, -0.15) is 0 Å². The van der Waals surface area contributed by atoms with Crippen molar-refractivity contribution in [3.8, 4) is 0 Å². The number of halogens is 2. The van der Waals surface area contributed by atoms with Crippen molar-refractivity contribution in [2.24, 2.45) is 0 Å². The van der Waals surface area contributed by atoms with Crippen molar-refractivity contribution in [3.05, 3.63) is 52.0 Å². The third-order valence-corrected chi connectivity index (χ3v) is 4.10. The van der Waals surface area contributed by atoms with Gasteiger partial charge < -0.3 is 16.0 Å². The van der Waals surface area contributed by atoms with Gasteiger partial charge in [0.15, 0.2) is 0 Å². The number of nitrogens with one attached hydrogen (secondary N) is 3. The van der Waals surface area contributed by atoms with Crippen LogP contribution in [0.25, 0.3) is 0 Å². The zero-order chi connectivity index (χ0) is 18.2. The lowest BCUT2D eigenvalue weighted by atomic mass is 10.2. The van der Waals surface area contributed by atoms with Crippen LogP contribution in [0.3, 0.4) is 0 Å². The molecule has 25 heavy (non-hydrogen) atoms. The summed E-state index contributed by atoms with van der Waals surface area (Å²) in [4.78, 5) is 23.7. The molecule has 0 aliphatic carbocycles. The number of hydrogen-bond donors (Lipinski definition) is 3. The molecular weight excluding hydrogens is 406 g/mol. The molecule has 2 aromatic rings. The van der Waals surface area contributed by atoms with Crippen LogP contribution in [0.2, 0.25) is 5.02 Å². The van der Waals surface area contributed by atoms with Gasteiger partial charge in [0.1, 0.15) is 0 Å². The summed E-state index contributed by atoms with van der Waals surface area (Å²) in [7, 11) is 0. The number of carbonyl (C=O) groups is 2. The first kappa shape index (κ1) is 19.3. The third-order valence-electron chi connectivity index (χ3n) is 3.27. The highest BCUT2D eigenvalue weighted by Crippen LogP contribution is 2.25. The smallest absolute Gasteiger partial charge is 0.243 e. The second kappa shape index (κ2) is 9.44. The molecule has 0 heterocycles. The molecule has 0 fully saturated rings. The maximum atomic E-state index is 12.1. The van der Waals surface area contributed by atoms with Crippen LogP contribution < -0.4 is 16.0 Å². The molecule has 0 saturated carbocycles. The quantitative estimate of drug-likeness (QED) is 0.592. The fourth-order valence-electron chi connectivity index (χ4n) is 2.14. The normalized spacial score (nSPS) is 10.2. The van der Waals surface area contributed by atoms with Crippen LogP contribution >= 0.6 is 27.5 Å². The molecule has 2 aromatic carbocycles. The minimum Gasteiger partial charge on any atom is -0.375 e. The van der Waals surface area contributed by atoms with Gasteiger partial charge in [0, 0.05) is 22.3 Å². The summed E-state index contributed by atoms with van der Waals surface area (Å²) < 4.78 is 0.886. The van der Waals surface area contributed by atoms with Gasteiger partial charge in [-0.25, -0.2) is 0 Å². The Balaban J connectivity index is 1.95. The van der Waals surface area contributed by atoms with Gasteiger partial charge >= 0.3 is 0 Å². The summed E-state index contributed by atoms with van der Waals surface area (Å²) in [6, 6.07) is 12.5. The molecule has 0 aromatic heterocycles. The van der Waals surface area contributed by atoms with Crippen molar-refractivity contribution in [2.75, 3.05) is 22.5 Å². The fraction of sp³-hybridized carbons (Fsp3) is 0.222. The molecule has 0 unspecified atom stereocenters. The Labute approximate surface area is 160 Å². The number of amides is 2. The standard InChI is InChI=1S/C18H19BrClN3O2/c1-2-4-17(24)22-14-7-8-15(20)16(10-14)21-11-18(25)23-13-6-3-5-12(19)9-13/h3,5-10,21H,2,4,11H2,1H3,(H,22,24)(H,23,25). The molecule has 0 saturated heterocycles. The zero-order valence-corrected chi connectivity index (χ0v) is 16.1. The van der Waals surface area contributed by atoms with E-state index in [1.807, 2.05) is 25.1 Å². The fourth-order valence-corrected chi connectivity index (χ4v) is 2.72. The van der Waals surface area contributed by atoms with Crippen molar-refractivity contribution in [3.63, 3.8) is 0 Å². The highest BCUT2D eigenvalue weighted by molar-refractivity contribution is 9.10. The molecule has 7 heteroatoms. The van der Waals surface area contributed by atoms with E-state index in [0.717, 1.165) is 10.9 Å². The van der Waals surface area contributed by atoms with Gasteiger partial charge in [-0.05, 0) is 42.8 Å². The summed E-state index contributed by atoms with van der Waals surface area (Å²) in [5, 5.41) is 9.05. The lowest BCUT2D eigenvalue weighted by Gasteiger charge is -2.12. The number of rotatable bonds is 7. The van der Waals surface area contributed by atoms with Crippen molar-refractivity contribution < 1.29 is 9.59 Å². The first-order valence-electron chi connectivity index (χ1n) is 7.86. The first-order chi connectivity index (χ1) is 12.0. The van der Waals surface area contributed by atoms with Gasteiger partial charge in [0.2, 0.25) is 11.8 Å². The highest BCUT2D eigenvalue weighted by Gasteiger charge is 2.07. The van der Waals surface area contributed by atoms with Gasteiger partial charge in [-0.1, -0.05) is 40.5 Å². The molecule has 5 nitrogen and oxygen atoms in total. The predicted octanol–water partition coefficient (Wildman–Crippen LogP) is 4.89. The summed E-state index contributed by atoms with van der Waals surface area (Å²) >= 11 is 9.50. The number of benzene rings is 2. The van der Waals surface area contributed by atoms with Crippen LogP contribution in [-0.4, -0.2) is 18.4 Å². The van der Waals surface area contributed by atoms with Gasteiger partial charge in [0.25, 0.3) is 0 Å². The highest BCUT2D eigenvalue weighted by atomic mass is 79.9. The first-order valence-corrected chi connectivity index (χ1v) is 9.03. The van der Waals surface area contributed by atoms with E-state index in [9.17, 15) is 9.59 Å². The maximum Gasteiger partial charge on any atom is 0.243 e. The summed E-state index contributed by atoms with van der Waals surface area (Å²) in [5.74, 6) is -0.252. The Bertz CT molecular complexity index is 768. The van der Waals surface area contributed by atoms with Crippen LogP contribution in [-0.2, 0) is 9.59 Å². The Hall–Kier alpha value is -2.05. The van der Waals surface area contributed by atoms with Crippen molar-refractivity contribution in [2.45, 2.75) is 19.8 Å². The Morgan fingerprint density at radius 3 is 2.48 bits per heavy atom. The van der Waals surface area contributed by atoms with Crippen LogP contribution in [0, 0.1) is 0 Å². The van der Waals surface area contributed by atoms with E-state index in [2.05, 4.69) is 31.9 Å². The molecule has 2 amide bonds. The Morgan fingerprint density at radius 1 is 1.04 bits per heavy atom. The minimum absolute atomic E-state index is 0.0526. The van der Waals surface area contributed by atoms with E-state index in [1.54, 1.807) is 24.3 Å². The third kappa shape index (κ3) is 6.40.